The molecule has 0 bridgehead atoms. The lowest BCUT2D eigenvalue weighted by Gasteiger charge is -2.11. The van der Waals surface area contributed by atoms with Crippen molar-refractivity contribution in [3.63, 3.8) is 0 Å². The smallest absolute Gasteiger partial charge is 0.377 e. The molecule has 1 heterocycles. The van der Waals surface area contributed by atoms with E-state index in [9.17, 15) is 13.2 Å². The Balaban J connectivity index is 2.19. The van der Waals surface area contributed by atoms with E-state index >= 15 is 0 Å². The Bertz CT molecular complexity index is 632. The number of benzene rings is 1. The third kappa shape index (κ3) is 3.23. The predicted octanol–water partition coefficient (Wildman–Crippen LogP) is 2.98. The van der Waals surface area contributed by atoms with Gasteiger partial charge < -0.3 is 5.32 Å². The van der Waals surface area contributed by atoms with E-state index in [0.717, 1.165) is 12.1 Å². The van der Waals surface area contributed by atoms with Crippen LogP contribution in [0.3, 0.4) is 0 Å². The van der Waals surface area contributed by atoms with E-state index in [-0.39, 0.29) is 12.1 Å². The van der Waals surface area contributed by atoms with Gasteiger partial charge in [0.2, 0.25) is 0 Å². The van der Waals surface area contributed by atoms with Crippen LogP contribution in [0.4, 0.5) is 18.9 Å². The monoisotopic (exact) mass is 278 g/mol. The number of anilines is 1. The van der Waals surface area contributed by atoms with Gasteiger partial charge in [-0.15, -0.1) is 0 Å². The van der Waals surface area contributed by atoms with Crippen molar-refractivity contribution in [3.05, 3.63) is 53.6 Å². The molecular formula is C13H9F3N4. The molecule has 2 rings (SSSR count). The molecule has 0 radical (unpaired) electrons. The Morgan fingerprint density at radius 1 is 1.20 bits per heavy atom. The molecular weight excluding hydrogens is 269 g/mol. The molecule has 20 heavy (non-hydrogen) atoms. The molecule has 1 N–H and O–H groups in total. The minimum atomic E-state index is -4.47. The van der Waals surface area contributed by atoms with Crippen LogP contribution in [0.5, 0.6) is 0 Å². The average molecular weight is 278 g/mol. The first-order valence-electron chi connectivity index (χ1n) is 5.62. The van der Waals surface area contributed by atoms with Crippen LogP contribution in [-0.4, -0.2) is 9.97 Å². The van der Waals surface area contributed by atoms with E-state index in [1.807, 2.05) is 0 Å². The molecule has 0 amide bonds. The fraction of sp³-hybridized carbons (Fsp3) is 0.154. The minimum absolute atomic E-state index is 0.0734. The number of nitrogens with one attached hydrogen (secondary N) is 1. The van der Waals surface area contributed by atoms with Crippen molar-refractivity contribution in [2.75, 3.05) is 5.32 Å². The number of alkyl halides is 3. The first-order chi connectivity index (χ1) is 9.50. The summed E-state index contributed by atoms with van der Waals surface area (Å²) >= 11 is 0. The summed E-state index contributed by atoms with van der Waals surface area (Å²) in [6.45, 7) is 0.223. The van der Waals surface area contributed by atoms with Gasteiger partial charge in [0.15, 0.2) is 0 Å². The van der Waals surface area contributed by atoms with E-state index < -0.39 is 11.7 Å². The molecule has 0 aliphatic heterocycles. The van der Waals surface area contributed by atoms with Gasteiger partial charge in [0.25, 0.3) is 0 Å². The van der Waals surface area contributed by atoms with Crippen molar-refractivity contribution in [1.29, 1.82) is 5.26 Å². The average Bonchev–Trinajstić information content (AvgIpc) is 2.45. The summed E-state index contributed by atoms with van der Waals surface area (Å²) in [4.78, 5) is 7.94. The van der Waals surface area contributed by atoms with Gasteiger partial charge >= 0.3 is 6.18 Å². The first-order valence-corrected chi connectivity index (χ1v) is 5.62. The molecule has 102 valence electrons. The zero-order valence-electron chi connectivity index (χ0n) is 10.1. The van der Waals surface area contributed by atoms with Gasteiger partial charge in [-0.25, -0.2) is 9.97 Å². The molecule has 2 aromatic rings. The molecule has 0 aliphatic rings. The Hall–Kier alpha value is -2.62. The van der Waals surface area contributed by atoms with E-state index in [4.69, 9.17) is 5.26 Å². The summed E-state index contributed by atoms with van der Waals surface area (Å²) in [7, 11) is 0. The molecule has 0 spiro atoms. The van der Waals surface area contributed by atoms with Gasteiger partial charge in [-0.2, -0.15) is 18.4 Å². The van der Waals surface area contributed by atoms with Crippen molar-refractivity contribution >= 4 is 5.69 Å². The van der Waals surface area contributed by atoms with Crippen LogP contribution in [0.25, 0.3) is 0 Å². The molecule has 1 aromatic heterocycles. The lowest BCUT2D eigenvalue weighted by Crippen LogP contribution is -2.08. The van der Waals surface area contributed by atoms with Gasteiger partial charge in [-0.3, -0.25) is 0 Å². The highest BCUT2D eigenvalue weighted by Gasteiger charge is 2.31. The Morgan fingerprint density at radius 3 is 2.50 bits per heavy atom. The number of rotatable bonds is 3. The Morgan fingerprint density at radius 2 is 1.90 bits per heavy atom. The zero-order valence-corrected chi connectivity index (χ0v) is 10.1. The quantitative estimate of drug-likeness (QED) is 0.937. The molecule has 0 aliphatic carbocycles. The highest BCUT2D eigenvalue weighted by molar-refractivity contribution is 5.58. The minimum Gasteiger partial charge on any atom is -0.377 e. The maximum atomic E-state index is 12.5. The largest absolute Gasteiger partial charge is 0.416 e. The van der Waals surface area contributed by atoms with Crippen molar-refractivity contribution in [1.82, 2.24) is 9.97 Å². The predicted molar refractivity (Wildman–Crippen MR) is 65.5 cm³/mol. The molecule has 7 heteroatoms. The van der Waals surface area contributed by atoms with Gasteiger partial charge in [0.1, 0.15) is 11.9 Å². The van der Waals surface area contributed by atoms with Crippen molar-refractivity contribution in [3.8, 4) is 6.07 Å². The summed E-state index contributed by atoms with van der Waals surface area (Å²) < 4.78 is 37.6. The summed E-state index contributed by atoms with van der Waals surface area (Å²) in [6.07, 6.45) is -1.35. The van der Waals surface area contributed by atoms with Crippen molar-refractivity contribution in [2.45, 2.75) is 12.7 Å². The second-order valence-corrected chi connectivity index (χ2v) is 3.89. The molecule has 4 nitrogen and oxygen atoms in total. The number of nitriles is 1. The van der Waals surface area contributed by atoms with Crippen LogP contribution in [0.15, 0.2) is 36.7 Å². The second kappa shape index (κ2) is 5.57. The normalized spacial score (nSPS) is 10.9. The first kappa shape index (κ1) is 13.8. The maximum absolute atomic E-state index is 12.5. The van der Waals surface area contributed by atoms with Crippen LogP contribution in [0, 0.1) is 11.3 Å². The summed E-state index contributed by atoms with van der Waals surface area (Å²) in [5.41, 5.74) is -0.612. The number of halogens is 3. The van der Waals surface area contributed by atoms with Gasteiger partial charge in [-0.1, -0.05) is 0 Å². The molecule has 0 saturated heterocycles. The van der Waals surface area contributed by atoms with Gasteiger partial charge in [-0.05, 0) is 24.3 Å². The lowest BCUT2D eigenvalue weighted by molar-refractivity contribution is -0.137. The summed E-state index contributed by atoms with van der Waals surface area (Å²) in [5.74, 6) is 0.483. The van der Waals surface area contributed by atoms with Gasteiger partial charge in [0, 0.05) is 12.4 Å². The molecule has 0 saturated carbocycles. The molecule has 1 aromatic carbocycles. The number of hydrogen-bond acceptors (Lipinski definition) is 4. The molecule has 0 unspecified atom stereocenters. The molecule has 0 atom stereocenters. The number of hydrogen-bond donors (Lipinski definition) is 1. The van der Waals surface area contributed by atoms with Crippen LogP contribution < -0.4 is 5.32 Å². The SMILES string of the molecule is N#Cc1cc(C(F)(F)F)ccc1NCc1ncccn1. The van der Waals surface area contributed by atoms with E-state index in [1.54, 1.807) is 24.5 Å². The third-order valence-electron chi connectivity index (χ3n) is 2.52. The molecule has 0 fully saturated rings. The van der Waals surface area contributed by atoms with Crippen LogP contribution in [0.1, 0.15) is 17.0 Å². The van der Waals surface area contributed by atoms with E-state index in [2.05, 4.69) is 15.3 Å². The lowest BCUT2D eigenvalue weighted by atomic mass is 10.1. The third-order valence-corrected chi connectivity index (χ3v) is 2.52. The van der Waals surface area contributed by atoms with Crippen LogP contribution >= 0.6 is 0 Å². The van der Waals surface area contributed by atoms with Gasteiger partial charge in [0.05, 0.1) is 23.4 Å². The highest BCUT2D eigenvalue weighted by atomic mass is 19.4. The standard InChI is InChI=1S/C13H9F3N4/c14-13(15,16)10-2-3-11(9(6-10)7-17)20-8-12-18-4-1-5-19-12/h1-6,20H,8H2. The second-order valence-electron chi connectivity index (χ2n) is 3.89. The number of aromatic nitrogens is 2. The van der Waals surface area contributed by atoms with Crippen LogP contribution in [-0.2, 0) is 12.7 Å². The Labute approximate surface area is 112 Å². The van der Waals surface area contributed by atoms with Crippen molar-refractivity contribution < 1.29 is 13.2 Å². The van der Waals surface area contributed by atoms with E-state index in [0.29, 0.717) is 11.5 Å². The highest BCUT2D eigenvalue weighted by Crippen LogP contribution is 2.31. The number of nitrogens with zero attached hydrogens (tertiary/aromatic N) is 3. The zero-order chi connectivity index (χ0) is 14.6. The Kier molecular flexibility index (Phi) is 3.84. The maximum Gasteiger partial charge on any atom is 0.416 e. The van der Waals surface area contributed by atoms with Crippen LogP contribution in [0.2, 0.25) is 0 Å². The summed E-state index contributed by atoms with van der Waals surface area (Å²) in [6, 6.07) is 6.36. The van der Waals surface area contributed by atoms with Crippen molar-refractivity contribution in [2.24, 2.45) is 0 Å². The van der Waals surface area contributed by atoms with E-state index in [1.165, 1.54) is 6.07 Å². The fourth-order valence-corrected chi connectivity index (χ4v) is 1.56. The topological polar surface area (TPSA) is 61.6 Å². The fourth-order valence-electron chi connectivity index (χ4n) is 1.56. The summed E-state index contributed by atoms with van der Waals surface area (Å²) in [5, 5.41) is 11.8.